The molecule has 3 unspecified atom stereocenters. The van der Waals surface area contributed by atoms with Gasteiger partial charge >= 0.3 is 15.6 Å². The van der Waals surface area contributed by atoms with Crippen molar-refractivity contribution in [1.29, 1.82) is 0 Å². The van der Waals surface area contributed by atoms with Crippen LogP contribution in [0.5, 0.6) is 0 Å². The van der Waals surface area contributed by atoms with Crippen LogP contribution in [0.1, 0.15) is 12.8 Å². The van der Waals surface area contributed by atoms with E-state index in [2.05, 4.69) is 13.4 Å². The molecule has 10 atom stereocenters. The molecule has 4 heterocycles. The number of nitrogens with two attached hydrogens (primary N) is 2. The van der Waals surface area contributed by atoms with Crippen LogP contribution in [0.2, 0.25) is 0 Å². The van der Waals surface area contributed by atoms with E-state index in [4.69, 9.17) is 20.9 Å². The summed E-state index contributed by atoms with van der Waals surface area (Å²) in [5, 5.41) is 41.4. The molecule has 2 fully saturated rings. The molecule has 0 aromatic heterocycles. The number of rotatable bonds is 12. The number of ether oxygens (including phenoxy) is 2. The Hall–Kier alpha value is -2.48. The average Bonchev–Trinajstić information content (AvgIpc) is 3.40. The third-order valence-corrected chi connectivity index (χ3v) is 9.35. The van der Waals surface area contributed by atoms with Gasteiger partial charge in [0.25, 0.3) is 0 Å². The van der Waals surface area contributed by atoms with Gasteiger partial charge in [-0.05, 0) is 12.8 Å². The summed E-state index contributed by atoms with van der Waals surface area (Å²) in [6.07, 6.45) is -2.65. The number of aliphatic hydroxyl groups is 4. The zero-order valence-corrected chi connectivity index (χ0v) is 24.0. The van der Waals surface area contributed by atoms with Gasteiger partial charge in [-0.2, -0.15) is 4.31 Å². The summed E-state index contributed by atoms with van der Waals surface area (Å²) >= 11 is 0. The van der Waals surface area contributed by atoms with E-state index in [-0.39, 0.29) is 24.0 Å². The van der Waals surface area contributed by atoms with Crippen molar-refractivity contribution in [2.45, 2.75) is 61.9 Å². The van der Waals surface area contributed by atoms with E-state index in [1.807, 2.05) is 0 Å². The molecular formula is C22H32N4O15P2. The number of phosphoric ester groups is 2. The van der Waals surface area contributed by atoms with Gasteiger partial charge in [-0.3, -0.25) is 18.6 Å². The third kappa shape index (κ3) is 7.98. The number of carbonyl (C=O) groups excluding carboxylic acids is 2. The molecule has 4 aliphatic rings. The Bertz CT molecular complexity index is 1210. The standard InChI is InChI=1S/C22H32N4O15P2/c23-19(31)11-3-1-5-25(7-11)21-17(29)15(27)13(39-21)9-37-42(33,34)41-43(35,36)38-10-14-16(28)18(30)22(40-14)26-6-2-4-12(8-26)20(24)32/h1-2,5-8,13-18,21-22,27-30H,3-4,9-10H2,(H2,23,31)(H2,24,32)(H,33,34)(H,35,36)/t13-,14-,15-,16-,17-,18-,21-,22?/m1/s1. The van der Waals surface area contributed by atoms with Crippen molar-refractivity contribution < 1.29 is 71.8 Å². The molecule has 4 rings (SSSR count). The lowest BCUT2D eigenvalue weighted by molar-refractivity contribution is -0.115. The van der Waals surface area contributed by atoms with Crippen molar-refractivity contribution >= 4 is 27.5 Å². The Balaban J connectivity index is 1.29. The van der Waals surface area contributed by atoms with Crippen LogP contribution in [0.25, 0.3) is 0 Å². The van der Waals surface area contributed by atoms with E-state index in [1.54, 1.807) is 12.2 Å². The van der Waals surface area contributed by atoms with Crippen molar-refractivity contribution in [3.05, 3.63) is 48.1 Å². The van der Waals surface area contributed by atoms with Crippen LogP contribution >= 0.6 is 15.6 Å². The predicted molar refractivity (Wildman–Crippen MR) is 140 cm³/mol. The van der Waals surface area contributed by atoms with E-state index >= 15 is 0 Å². The van der Waals surface area contributed by atoms with Gasteiger partial charge in [-0.1, -0.05) is 12.2 Å². The molecule has 0 aromatic rings. The SMILES string of the molecule is NC(=O)C1=CN(C2O[C@H](COP(=O)(O)OP(=O)(O)OC[C@H]3O[C@@H](N4C=CCC(C(N)=O)=C4)[C@H](O)[C@@H]3O)[C@@H](O)[C@H]2O)C=CC1. The van der Waals surface area contributed by atoms with Crippen LogP contribution in [-0.2, 0) is 41.6 Å². The quantitative estimate of drug-likeness (QED) is 0.0994. The monoisotopic (exact) mass is 654 g/mol. The van der Waals surface area contributed by atoms with Crippen molar-refractivity contribution in [1.82, 2.24) is 9.80 Å². The lowest BCUT2D eigenvalue weighted by Gasteiger charge is -2.28. The second-order valence-corrected chi connectivity index (χ2v) is 12.9. The summed E-state index contributed by atoms with van der Waals surface area (Å²) in [6, 6.07) is 0. The zero-order valence-electron chi connectivity index (χ0n) is 22.2. The molecule has 0 aromatic carbocycles. The highest BCUT2D eigenvalue weighted by atomic mass is 31.3. The molecule has 19 nitrogen and oxygen atoms in total. The van der Waals surface area contributed by atoms with Gasteiger partial charge < -0.3 is 61.0 Å². The van der Waals surface area contributed by atoms with Gasteiger partial charge in [0.05, 0.1) is 13.2 Å². The highest BCUT2D eigenvalue weighted by Crippen LogP contribution is 2.60. The van der Waals surface area contributed by atoms with E-state index in [0.717, 1.165) is 0 Å². The van der Waals surface area contributed by atoms with Gasteiger partial charge in [0.1, 0.15) is 36.6 Å². The summed E-state index contributed by atoms with van der Waals surface area (Å²) < 4.78 is 49.3. The zero-order chi connectivity index (χ0) is 31.7. The van der Waals surface area contributed by atoms with Gasteiger partial charge in [-0.25, -0.2) is 9.13 Å². The average molecular weight is 654 g/mol. The summed E-state index contributed by atoms with van der Waals surface area (Å²) in [7, 11) is -10.7. The van der Waals surface area contributed by atoms with Gasteiger partial charge in [0.15, 0.2) is 12.5 Å². The number of primary amides is 2. The maximum absolute atomic E-state index is 12.4. The van der Waals surface area contributed by atoms with Crippen molar-refractivity contribution in [2.75, 3.05) is 13.2 Å². The fourth-order valence-electron chi connectivity index (χ4n) is 4.54. The minimum absolute atomic E-state index is 0.192. The van der Waals surface area contributed by atoms with Crippen molar-refractivity contribution in [3.8, 4) is 0 Å². The molecule has 10 N–H and O–H groups in total. The minimum atomic E-state index is -5.36. The van der Waals surface area contributed by atoms with Gasteiger partial charge in [0.2, 0.25) is 11.8 Å². The molecule has 0 spiro atoms. The van der Waals surface area contributed by atoms with Crippen LogP contribution in [0.15, 0.2) is 48.1 Å². The Morgan fingerprint density at radius 3 is 1.49 bits per heavy atom. The van der Waals surface area contributed by atoms with E-state index < -0.39 is 89.8 Å². The number of phosphoric acid groups is 2. The Labute approximate surface area is 244 Å². The first kappa shape index (κ1) is 33.4. The van der Waals surface area contributed by atoms with Gasteiger partial charge in [-0.15, -0.1) is 0 Å². The van der Waals surface area contributed by atoms with Crippen molar-refractivity contribution in [2.24, 2.45) is 11.5 Å². The number of allylic oxidation sites excluding steroid dienone is 2. The fraction of sp³-hybridized carbons (Fsp3) is 0.545. The number of hydrogen-bond acceptors (Lipinski definition) is 15. The van der Waals surface area contributed by atoms with Crippen LogP contribution in [0, 0.1) is 0 Å². The van der Waals surface area contributed by atoms with Gasteiger partial charge in [0, 0.05) is 35.9 Å². The summed E-state index contributed by atoms with van der Waals surface area (Å²) in [4.78, 5) is 45.4. The first-order valence-electron chi connectivity index (χ1n) is 12.7. The molecule has 0 radical (unpaired) electrons. The van der Waals surface area contributed by atoms with Crippen LogP contribution in [-0.4, -0.2) is 114 Å². The van der Waals surface area contributed by atoms with Crippen LogP contribution in [0.4, 0.5) is 0 Å². The van der Waals surface area contributed by atoms with Crippen LogP contribution in [0.3, 0.4) is 0 Å². The lowest BCUT2D eigenvalue weighted by atomic mass is 10.1. The molecule has 0 bridgehead atoms. The van der Waals surface area contributed by atoms with E-state index in [9.17, 15) is 48.9 Å². The highest BCUT2D eigenvalue weighted by Gasteiger charge is 2.48. The maximum Gasteiger partial charge on any atom is 0.481 e. The molecule has 2 saturated heterocycles. The summed E-state index contributed by atoms with van der Waals surface area (Å²) in [5.41, 5.74) is 10.9. The largest absolute Gasteiger partial charge is 0.481 e. The predicted octanol–water partition coefficient (Wildman–Crippen LogP) is -2.69. The number of carbonyl (C=O) groups is 2. The first-order chi connectivity index (χ1) is 20.1. The number of nitrogens with zero attached hydrogens (tertiary/aromatic N) is 2. The number of aliphatic hydroxyl groups excluding tert-OH is 4. The normalized spacial score (nSPS) is 35.3. The molecule has 4 aliphatic heterocycles. The smallest absolute Gasteiger partial charge is 0.387 e. The molecular weight excluding hydrogens is 622 g/mol. The molecule has 21 heteroatoms. The van der Waals surface area contributed by atoms with E-state index in [0.29, 0.717) is 0 Å². The second-order valence-electron chi connectivity index (χ2n) is 9.81. The van der Waals surface area contributed by atoms with E-state index in [1.165, 1.54) is 34.6 Å². The Kier molecular flexibility index (Phi) is 10.3. The molecule has 0 saturated carbocycles. The maximum atomic E-state index is 12.4. The molecule has 2 amide bonds. The fourth-order valence-corrected chi connectivity index (χ4v) is 6.63. The molecule has 240 valence electrons. The Morgan fingerprint density at radius 1 is 0.767 bits per heavy atom. The first-order valence-corrected chi connectivity index (χ1v) is 15.7. The topological polar surface area (TPSA) is 294 Å². The van der Waals surface area contributed by atoms with Crippen LogP contribution < -0.4 is 11.5 Å². The molecule has 0 aliphatic carbocycles. The highest BCUT2D eigenvalue weighted by molar-refractivity contribution is 7.61. The summed E-state index contributed by atoms with van der Waals surface area (Å²) in [5.74, 6) is -1.42. The molecule has 43 heavy (non-hydrogen) atoms. The second kappa shape index (κ2) is 13.3. The van der Waals surface area contributed by atoms with Crippen molar-refractivity contribution in [3.63, 3.8) is 0 Å². The summed E-state index contributed by atoms with van der Waals surface area (Å²) in [6.45, 7) is -1.79. The number of amides is 2. The minimum Gasteiger partial charge on any atom is -0.387 e. The Morgan fingerprint density at radius 2 is 1.14 bits per heavy atom. The number of hydrogen-bond donors (Lipinski definition) is 8. The third-order valence-electron chi connectivity index (χ3n) is 6.75. The lowest BCUT2D eigenvalue weighted by Crippen LogP contribution is -2.40.